The molecule has 13 heavy (non-hydrogen) atoms. The summed E-state index contributed by atoms with van der Waals surface area (Å²) >= 11 is 0. The van der Waals surface area contributed by atoms with Crippen LogP contribution in [0.2, 0.25) is 0 Å². The average Bonchev–Trinajstić information content (AvgIpc) is 2.91. The summed E-state index contributed by atoms with van der Waals surface area (Å²) in [4.78, 5) is 0. The molecule has 0 radical (unpaired) electrons. The van der Waals surface area contributed by atoms with Crippen molar-refractivity contribution >= 4 is 0 Å². The van der Waals surface area contributed by atoms with E-state index < -0.39 is 23.2 Å². The zero-order valence-corrected chi connectivity index (χ0v) is 7.13. The van der Waals surface area contributed by atoms with E-state index >= 15 is 0 Å². The third-order valence-electron chi connectivity index (χ3n) is 2.84. The van der Waals surface area contributed by atoms with Gasteiger partial charge in [0.15, 0.2) is 11.7 Å². The van der Waals surface area contributed by atoms with Crippen molar-refractivity contribution in [2.45, 2.75) is 24.4 Å². The number of halogens is 2. The third-order valence-corrected chi connectivity index (χ3v) is 2.84. The first-order valence-corrected chi connectivity index (χ1v) is 4.35. The second-order valence-electron chi connectivity index (χ2n) is 3.75. The summed E-state index contributed by atoms with van der Waals surface area (Å²) in [6.45, 7) is 0. The summed E-state index contributed by atoms with van der Waals surface area (Å²) in [6, 6.07) is -0.612. The maximum atomic E-state index is 13.4. The smallest absolute Gasteiger partial charge is 0.157 e. The maximum Gasteiger partial charge on any atom is 0.157 e. The minimum atomic E-state index is -1.29. The Morgan fingerprint density at radius 2 is 2.00 bits per heavy atom. The molecule has 2 unspecified atom stereocenters. The number of hydrogen-bond acceptors (Lipinski definition) is 2. The van der Waals surface area contributed by atoms with Gasteiger partial charge in [0.25, 0.3) is 0 Å². The normalized spacial score (nSPS) is 39.8. The second-order valence-corrected chi connectivity index (χ2v) is 3.75. The molecule has 0 bridgehead atoms. The van der Waals surface area contributed by atoms with E-state index in [1.807, 2.05) is 0 Å². The van der Waals surface area contributed by atoms with Gasteiger partial charge in [0, 0.05) is 6.04 Å². The second kappa shape index (κ2) is 2.62. The van der Waals surface area contributed by atoms with Crippen molar-refractivity contribution in [2.24, 2.45) is 17.4 Å². The molecule has 0 spiro atoms. The minimum absolute atomic E-state index is 0.00167. The molecule has 0 aliphatic heterocycles. The molecule has 0 aromatic rings. The molecule has 1 saturated carbocycles. The molecule has 4 heteroatoms. The molecule has 2 nitrogen and oxygen atoms in total. The van der Waals surface area contributed by atoms with Crippen LogP contribution in [0.4, 0.5) is 8.78 Å². The molecule has 0 saturated heterocycles. The van der Waals surface area contributed by atoms with Crippen molar-refractivity contribution in [1.29, 1.82) is 0 Å². The summed E-state index contributed by atoms with van der Waals surface area (Å²) < 4.78 is 26.3. The highest BCUT2D eigenvalue weighted by atomic mass is 19.2. The molecule has 2 aliphatic carbocycles. The van der Waals surface area contributed by atoms with E-state index in [1.165, 1.54) is 6.08 Å². The molecule has 0 amide bonds. The summed E-state index contributed by atoms with van der Waals surface area (Å²) in [6.07, 6.45) is 4.14. The largest absolute Gasteiger partial charge is 0.323 e. The Hall–Kier alpha value is -0.740. The van der Waals surface area contributed by atoms with Crippen molar-refractivity contribution in [2.75, 3.05) is 0 Å². The number of allylic oxidation sites excluding steroid dienone is 2. The van der Waals surface area contributed by atoms with Crippen molar-refractivity contribution in [3.8, 4) is 0 Å². The molecular weight excluding hydrogens is 174 g/mol. The monoisotopic (exact) mass is 186 g/mol. The first-order valence-electron chi connectivity index (χ1n) is 4.35. The van der Waals surface area contributed by atoms with Crippen LogP contribution in [0.25, 0.3) is 0 Å². The van der Waals surface area contributed by atoms with E-state index in [0.717, 1.165) is 18.9 Å². The fourth-order valence-electron chi connectivity index (χ4n) is 1.79. The van der Waals surface area contributed by atoms with Crippen LogP contribution in [0.5, 0.6) is 0 Å². The van der Waals surface area contributed by atoms with Crippen LogP contribution in [0.15, 0.2) is 23.8 Å². The summed E-state index contributed by atoms with van der Waals surface area (Å²) in [5, 5.41) is 0. The topological polar surface area (TPSA) is 52.0 Å². The molecule has 2 aliphatic rings. The van der Waals surface area contributed by atoms with Crippen LogP contribution in [0.3, 0.4) is 0 Å². The lowest BCUT2D eigenvalue weighted by Crippen LogP contribution is -2.58. The van der Waals surface area contributed by atoms with Crippen LogP contribution in [-0.2, 0) is 0 Å². The SMILES string of the molecule is NC1C=CC(F)=C(F)C1(N)C1CC1. The molecule has 1 fully saturated rings. The Morgan fingerprint density at radius 1 is 1.38 bits per heavy atom. The zero-order chi connectivity index (χ0) is 9.64. The summed E-state index contributed by atoms with van der Waals surface area (Å²) in [5.41, 5.74) is 10.2. The lowest BCUT2D eigenvalue weighted by molar-refractivity contribution is 0.303. The van der Waals surface area contributed by atoms with Gasteiger partial charge < -0.3 is 11.5 Å². The average molecular weight is 186 g/mol. The van der Waals surface area contributed by atoms with E-state index in [2.05, 4.69) is 0 Å². The van der Waals surface area contributed by atoms with Gasteiger partial charge in [-0.3, -0.25) is 0 Å². The van der Waals surface area contributed by atoms with Crippen LogP contribution in [0, 0.1) is 5.92 Å². The number of hydrogen-bond donors (Lipinski definition) is 2. The van der Waals surface area contributed by atoms with Crippen LogP contribution in [-0.4, -0.2) is 11.6 Å². The summed E-state index contributed by atoms with van der Waals surface area (Å²) in [5.74, 6) is -1.76. The molecular formula is C9H12F2N2. The van der Waals surface area contributed by atoms with E-state index in [4.69, 9.17) is 11.5 Å². The van der Waals surface area contributed by atoms with Gasteiger partial charge in [-0.25, -0.2) is 8.78 Å². The molecule has 0 aromatic carbocycles. The first-order chi connectivity index (χ1) is 6.06. The van der Waals surface area contributed by atoms with Gasteiger partial charge in [0.2, 0.25) is 0 Å². The van der Waals surface area contributed by atoms with Gasteiger partial charge in [-0.1, -0.05) is 6.08 Å². The highest BCUT2D eigenvalue weighted by Gasteiger charge is 2.51. The Balaban J connectivity index is 2.40. The van der Waals surface area contributed by atoms with Gasteiger partial charge in [-0.15, -0.1) is 0 Å². The first kappa shape index (κ1) is 8.84. The molecule has 72 valence electrons. The fraction of sp³-hybridized carbons (Fsp3) is 0.556. The van der Waals surface area contributed by atoms with E-state index in [-0.39, 0.29) is 5.92 Å². The highest BCUT2D eigenvalue weighted by Crippen LogP contribution is 2.46. The van der Waals surface area contributed by atoms with E-state index in [0.29, 0.717) is 0 Å². The molecule has 2 rings (SSSR count). The molecule has 4 N–H and O–H groups in total. The van der Waals surface area contributed by atoms with Crippen molar-refractivity contribution in [1.82, 2.24) is 0 Å². The lowest BCUT2D eigenvalue weighted by Gasteiger charge is -2.34. The Morgan fingerprint density at radius 3 is 2.54 bits per heavy atom. The maximum absolute atomic E-state index is 13.4. The standard InChI is InChI=1S/C9H12F2N2/c10-6-3-4-7(12)9(13,8(6)11)5-1-2-5/h3-5,7H,1-2,12-13H2. The Labute approximate surface area is 75.3 Å². The van der Waals surface area contributed by atoms with Gasteiger partial charge in [0.05, 0.1) is 5.54 Å². The van der Waals surface area contributed by atoms with Crippen LogP contribution < -0.4 is 11.5 Å². The van der Waals surface area contributed by atoms with Gasteiger partial charge in [-0.2, -0.15) is 0 Å². The van der Waals surface area contributed by atoms with Crippen molar-refractivity contribution < 1.29 is 8.78 Å². The summed E-state index contributed by atoms with van der Waals surface area (Å²) in [7, 11) is 0. The predicted molar refractivity (Wildman–Crippen MR) is 46.0 cm³/mol. The molecule has 0 heterocycles. The Bertz CT molecular complexity index is 294. The van der Waals surface area contributed by atoms with Crippen LogP contribution >= 0.6 is 0 Å². The predicted octanol–water partition coefficient (Wildman–Crippen LogP) is 1.14. The van der Waals surface area contributed by atoms with Gasteiger partial charge >= 0.3 is 0 Å². The lowest BCUT2D eigenvalue weighted by atomic mass is 9.82. The Kier molecular flexibility index (Phi) is 1.78. The van der Waals surface area contributed by atoms with E-state index in [1.54, 1.807) is 0 Å². The minimum Gasteiger partial charge on any atom is -0.323 e. The molecule has 2 atom stereocenters. The van der Waals surface area contributed by atoms with Crippen LogP contribution in [0.1, 0.15) is 12.8 Å². The number of nitrogens with two attached hydrogens (primary N) is 2. The fourth-order valence-corrected chi connectivity index (χ4v) is 1.79. The van der Waals surface area contributed by atoms with Crippen molar-refractivity contribution in [3.05, 3.63) is 23.8 Å². The van der Waals surface area contributed by atoms with Gasteiger partial charge in [-0.05, 0) is 24.8 Å². The van der Waals surface area contributed by atoms with Crippen molar-refractivity contribution in [3.63, 3.8) is 0 Å². The quantitative estimate of drug-likeness (QED) is 0.645. The zero-order valence-electron chi connectivity index (χ0n) is 7.13. The van der Waals surface area contributed by atoms with Gasteiger partial charge in [0.1, 0.15) is 0 Å². The highest BCUT2D eigenvalue weighted by molar-refractivity contribution is 5.37. The molecule has 0 aromatic heterocycles. The van der Waals surface area contributed by atoms with E-state index in [9.17, 15) is 8.78 Å². The third kappa shape index (κ3) is 1.13. The number of rotatable bonds is 1.